The molecule has 0 atom stereocenters. The first-order valence-corrected chi connectivity index (χ1v) is 8.85. The topological polar surface area (TPSA) is 54.7 Å². The van der Waals surface area contributed by atoms with Gasteiger partial charge in [0.2, 0.25) is 0 Å². The Morgan fingerprint density at radius 3 is 2.48 bits per heavy atom. The number of amides is 1. The molecule has 7 heteroatoms. The number of thiazole rings is 1. The fraction of sp³-hybridized carbons (Fsp3) is 0.278. The fourth-order valence-corrected chi connectivity index (χ4v) is 3.95. The predicted molar refractivity (Wildman–Crippen MR) is 95.8 cm³/mol. The highest BCUT2D eigenvalue weighted by molar-refractivity contribution is 7.19. The van der Waals surface area contributed by atoms with Gasteiger partial charge in [0.1, 0.15) is 22.1 Å². The van der Waals surface area contributed by atoms with E-state index < -0.39 is 0 Å². The summed E-state index contributed by atoms with van der Waals surface area (Å²) in [5.74, 6) is -0.404. The molecule has 0 aliphatic rings. The number of fused-ring (bicyclic) bond motifs is 1. The zero-order valence-corrected chi connectivity index (χ0v) is 15.1. The molecule has 25 heavy (non-hydrogen) atoms. The minimum absolute atomic E-state index is 0.0572. The second-order valence-corrected chi connectivity index (χ2v) is 6.56. The van der Waals surface area contributed by atoms with Crippen LogP contribution in [0.5, 0.6) is 0 Å². The van der Waals surface area contributed by atoms with Crippen LogP contribution in [0.1, 0.15) is 39.7 Å². The molecule has 0 aliphatic carbocycles. The van der Waals surface area contributed by atoms with Crippen LogP contribution in [0.2, 0.25) is 0 Å². The average Bonchev–Trinajstić information content (AvgIpc) is 3.13. The minimum Gasteiger partial charge on any atom is -0.338 e. The number of aryl methyl sites for hydroxylation is 1. The Labute approximate surface area is 148 Å². The molecule has 0 saturated carbocycles. The molecule has 0 bridgehead atoms. The van der Waals surface area contributed by atoms with Crippen LogP contribution in [0.15, 0.2) is 24.3 Å². The highest BCUT2D eigenvalue weighted by Gasteiger charge is 2.24. The number of rotatable bonds is 5. The molecule has 0 fully saturated rings. The van der Waals surface area contributed by atoms with E-state index in [-0.39, 0.29) is 11.7 Å². The Bertz CT molecular complexity index is 940. The van der Waals surface area contributed by atoms with Crippen molar-refractivity contribution in [2.24, 2.45) is 0 Å². The van der Waals surface area contributed by atoms with E-state index in [1.165, 1.54) is 23.5 Å². The second kappa shape index (κ2) is 6.76. The molecule has 0 radical (unpaired) electrons. The Morgan fingerprint density at radius 2 is 1.92 bits per heavy atom. The SMILES string of the molecule is CCN(CC)C(=O)c1sc2nc(-c3ccc(F)cc3)c(C=O)n2c1C. The van der Waals surface area contributed by atoms with E-state index in [2.05, 4.69) is 4.98 Å². The van der Waals surface area contributed by atoms with Gasteiger partial charge >= 0.3 is 0 Å². The van der Waals surface area contributed by atoms with Crippen LogP contribution in [0.4, 0.5) is 4.39 Å². The number of nitrogens with zero attached hydrogens (tertiary/aromatic N) is 3. The van der Waals surface area contributed by atoms with E-state index >= 15 is 0 Å². The van der Waals surface area contributed by atoms with Gasteiger partial charge in [0.25, 0.3) is 5.91 Å². The highest BCUT2D eigenvalue weighted by Crippen LogP contribution is 2.31. The standard InChI is InChI=1S/C18H18FN3O2S/c1-4-21(5-2)17(24)16-11(3)22-14(10-23)15(20-18(22)25-16)12-6-8-13(19)9-7-12/h6-10H,4-5H2,1-3H3. The summed E-state index contributed by atoms with van der Waals surface area (Å²) in [6, 6.07) is 5.84. The molecule has 5 nitrogen and oxygen atoms in total. The molecule has 0 unspecified atom stereocenters. The summed E-state index contributed by atoms with van der Waals surface area (Å²) in [4.78, 5) is 31.8. The smallest absolute Gasteiger partial charge is 0.265 e. The lowest BCUT2D eigenvalue weighted by atomic mass is 10.1. The number of imidazole rings is 1. The molecule has 0 aliphatic heterocycles. The first kappa shape index (κ1) is 17.3. The Morgan fingerprint density at radius 1 is 1.28 bits per heavy atom. The van der Waals surface area contributed by atoms with Crippen molar-refractivity contribution in [3.05, 3.63) is 46.3 Å². The second-order valence-electron chi connectivity index (χ2n) is 5.58. The number of carbonyl (C=O) groups is 2. The summed E-state index contributed by atoms with van der Waals surface area (Å²) < 4.78 is 14.8. The van der Waals surface area contributed by atoms with Gasteiger partial charge in [-0.1, -0.05) is 11.3 Å². The molecule has 0 spiro atoms. The lowest BCUT2D eigenvalue weighted by molar-refractivity contribution is 0.0776. The maximum absolute atomic E-state index is 13.1. The van der Waals surface area contributed by atoms with Crippen LogP contribution in [0.25, 0.3) is 16.2 Å². The predicted octanol–water partition coefficient (Wildman–Crippen LogP) is 3.80. The van der Waals surface area contributed by atoms with Crippen LogP contribution in [-0.4, -0.2) is 39.6 Å². The van der Waals surface area contributed by atoms with Crippen molar-refractivity contribution >= 4 is 28.5 Å². The third-order valence-corrected chi connectivity index (χ3v) is 5.34. The number of halogens is 1. The van der Waals surface area contributed by atoms with Crippen molar-refractivity contribution in [2.45, 2.75) is 20.8 Å². The number of aromatic nitrogens is 2. The molecular formula is C18H18FN3O2S. The molecule has 1 aromatic carbocycles. The van der Waals surface area contributed by atoms with Crippen LogP contribution in [0.3, 0.4) is 0 Å². The van der Waals surface area contributed by atoms with E-state index in [1.807, 2.05) is 20.8 Å². The van der Waals surface area contributed by atoms with E-state index in [1.54, 1.807) is 21.4 Å². The highest BCUT2D eigenvalue weighted by atomic mass is 32.1. The molecule has 3 aromatic rings. The van der Waals surface area contributed by atoms with Gasteiger partial charge in [0, 0.05) is 24.3 Å². The van der Waals surface area contributed by atoms with Crippen LogP contribution < -0.4 is 0 Å². The lowest BCUT2D eigenvalue weighted by Crippen LogP contribution is -2.30. The molecule has 0 saturated heterocycles. The number of benzene rings is 1. The van der Waals surface area contributed by atoms with Crippen LogP contribution >= 0.6 is 11.3 Å². The van der Waals surface area contributed by atoms with Crippen LogP contribution in [-0.2, 0) is 0 Å². The van der Waals surface area contributed by atoms with Gasteiger partial charge in [-0.3, -0.25) is 14.0 Å². The number of aldehydes is 1. The molecule has 3 rings (SSSR count). The van der Waals surface area contributed by atoms with E-state index in [4.69, 9.17) is 0 Å². The van der Waals surface area contributed by atoms with Gasteiger partial charge in [-0.25, -0.2) is 9.37 Å². The van der Waals surface area contributed by atoms with Crippen molar-refractivity contribution < 1.29 is 14.0 Å². The summed E-state index contributed by atoms with van der Waals surface area (Å²) in [5.41, 5.74) is 2.22. The Balaban J connectivity index is 2.15. The third kappa shape index (κ3) is 2.84. The number of carbonyl (C=O) groups excluding carboxylic acids is 2. The zero-order chi connectivity index (χ0) is 18.1. The lowest BCUT2D eigenvalue weighted by Gasteiger charge is -2.17. The third-order valence-electron chi connectivity index (χ3n) is 4.21. The van der Waals surface area contributed by atoms with Crippen molar-refractivity contribution in [2.75, 3.05) is 13.1 Å². The van der Waals surface area contributed by atoms with Gasteiger partial charge in [0.05, 0.1) is 0 Å². The largest absolute Gasteiger partial charge is 0.338 e. The van der Waals surface area contributed by atoms with Gasteiger partial charge in [-0.05, 0) is 45.0 Å². The Hall–Kier alpha value is -2.54. The summed E-state index contributed by atoms with van der Waals surface area (Å²) >= 11 is 1.27. The fourth-order valence-electron chi connectivity index (χ4n) is 2.85. The quantitative estimate of drug-likeness (QED) is 0.651. The zero-order valence-electron chi connectivity index (χ0n) is 14.2. The van der Waals surface area contributed by atoms with E-state index in [0.29, 0.717) is 45.6 Å². The van der Waals surface area contributed by atoms with Crippen molar-refractivity contribution in [3.63, 3.8) is 0 Å². The van der Waals surface area contributed by atoms with Crippen molar-refractivity contribution in [1.29, 1.82) is 0 Å². The summed E-state index contributed by atoms with van der Waals surface area (Å²) in [6.07, 6.45) is 0.726. The van der Waals surface area contributed by atoms with Gasteiger partial charge in [-0.15, -0.1) is 0 Å². The molecule has 1 amide bonds. The normalized spacial score (nSPS) is 11.0. The number of hydrogen-bond donors (Lipinski definition) is 0. The maximum atomic E-state index is 13.1. The first-order valence-electron chi connectivity index (χ1n) is 8.04. The molecule has 2 aromatic heterocycles. The summed E-state index contributed by atoms with van der Waals surface area (Å²) in [7, 11) is 0. The van der Waals surface area contributed by atoms with Gasteiger partial charge < -0.3 is 4.90 Å². The molecular weight excluding hydrogens is 341 g/mol. The van der Waals surface area contributed by atoms with E-state index in [9.17, 15) is 14.0 Å². The van der Waals surface area contributed by atoms with Crippen LogP contribution in [0, 0.1) is 12.7 Å². The first-order chi connectivity index (χ1) is 12.0. The monoisotopic (exact) mass is 359 g/mol. The molecule has 2 heterocycles. The summed E-state index contributed by atoms with van der Waals surface area (Å²) in [5, 5.41) is 0. The van der Waals surface area contributed by atoms with Gasteiger partial charge in [-0.2, -0.15) is 0 Å². The van der Waals surface area contributed by atoms with Crippen molar-refractivity contribution in [3.8, 4) is 11.3 Å². The molecule has 130 valence electrons. The number of hydrogen-bond acceptors (Lipinski definition) is 4. The Kier molecular flexibility index (Phi) is 4.67. The average molecular weight is 359 g/mol. The van der Waals surface area contributed by atoms with E-state index in [0.717, 1.165) is 6.29 Å². The van der Waals surface area contributed by atoms with Gasteiger partial charge in [0.15, 0.2) is 11.2 Å². The molecule has 0 N–H and O–H groups in total. The minimum atomic E-state index is -0.347. The summed E-state index contributed by atoms with van der Waals surface area (Å²) in [6.45, 7) is 6.91. The maximum Gasteiger partial charge on any atom is 0.265 e. The van der Waals surface area contributed by atoms with Crippen molar-refractivity contribution in [1.82, 2.24) is 14.3 Å².